The lowest BCUT2D eigenvalue weighted by Crippen LogP contribution is -2.36. The number of rotatable bonds is 3. The molecule has 0 saturated heterocycles. The van der Waals surface area contributed by atoms with Crippen LogP contribution >= 0.6 is 15.9 Å². The summed E-state index contributed by atoms with van der Waals surface area (Å²) in [5.74, 6) is -0.0676. The van der Waals surface area contributed by atoms with E-state index >= 15 is 0 Å². The van der Waals surface area contributed by atoms with E-state index in [1.165, 1.54) is 6.20 Å². The van der Waals surface area contributed by atoms with Gasteiger partial charge in [0.25, 0.3) is 0 Å². The molecule has 0 spiro atoms. The highest BCUT2D eigenvalue weighted by molar-refractivity contribution is 9.10. The molecule has 5 nitrogen and oxygen atoms in total. The Kier molecular flexibility index (Phi) is 4.20. The Morgan fingerprint density at radius 3 is 2.95 bits per heavy atom. The summed E-state index contributed by atoms with van der Waals surface area (Å²) in [6, 6.07) is 0. The van der Waals surface area contributed by atoms with Crippen molar-refractivity contribution < 1.29 is 14.6 Å². The number of carbonyl (C=O) groups is 1. The number of methoxy groups -OCH3 is 1. The van der Waals surface area contributed by atoms with Crippen molar-refractivity contribution in [1.29, 1.82) is 0 Å². The van der Waals surface area contributed by atoms with Crippen molar-refractivity contribution in [2.75, 3.05) is 7.11 Å². The molecule has 0 aromatic carbocycles. The van der Waals surface area contributed by atoms with Crippen molar-refractivity contribution >= 4 is 21.9 Å². The number of carboxylic acid groups (broad SMARTS) is 1. The van der Waals surface area contributed by atoms with Gasteiger partial charge in [0.15, 0.2) is 11.5 Å². The molecule has 1 aromatic heterocycles. The number of aromatic carboxylic acids is 1. The number of hydrogen-bond acceptors (Lipinski definition) is 4. The van der Waals surface area contributed by atoms with E-state index in [-0.39, 0.29) is 5.69 Å². The summed E-state index contributed by atoms with van der Waals surface area (Å²) in [5.41, 5.74) is -0.567. The Morgan fingerprint density at radius 1 is 1.63 bits per heavy atom. The normalized spacial score (nSPS) is 27.2. The summed E-state index contributed by atoms with van der Waals surface area (Å²) in [5, 5.41) is 9.14. The standard InChI is InChI=1S/C13H17BrN2O3/c1-8-4-3-5-13(6-8,19-2)12-15-7-9(14)10(16-12)11(17)18/h7-8H,3-6H2,1-2H3,(H,17,18). The van der Waals surface area contributed by atoms with Crippen LogP contribution in [0.2, 0.25) is 0 Å². The Balaban J connectivity index is 2.43. The lowest BCUT2D eigenvalue weighted by molar-refractivity contribution is -0.0647. The first kappa shape index (κ1) is 14.4. The molecule has 104 valence electrons. The van der Waals surface area contributed by atoms with Crippen molar-refractivity contribution in [2.45, 2.75) is 38.2 Å². The van der Waals surface area contributed by atoms with Gasteiger partial charge in [-0.3, -0.25) is 0 Å². The second kappa shape index (κ2) is 5.54. The van der Waals surface area contributed by atoms with Crippen LogP contribution in [-0.2, 0) is 10.3 Å². The van der Waals surface area contributed by atoms with Gasteiger partial charge in [-0.1, -0.05) is 13.3 Å². The Hall–Kier alpha value is -1.01. The molecule has 2 unspecified atom stereocenters. The molecule has 1 aliphatic carbocycles. The van der Waals surface area contributed by atoms with E-state index in [2.05, 4.69) is 32.8 Å². The molecule has 2 atom stereocenters. The van der Waals surface area contributed by atoms with E-state index in [0.29, 0.717) is 16.2 Å². The minimum atomic E-state index is -1.06. The van der Waals surface area contributed by atoms with Gasteiger partial charge in [-0.05, 0) is 41.1 Å². The maximum absolute atomic E-state index is 11.2. The second-order valence-electron chi connectivity index (χ2n) is 5.10. The smallest absolute Gasteiger partial charge is 0.355 e. The number of hydrogen-bond donors (Lipinski definition) is 1. The molecule has 19 heavy (non-hydrogen) atoms. The number of ether oxygens (including phenoxy) is 1. The summed E-state index contributed by atoms with van der Waals surface area (Å²) in [7, 11) is 1.64. The minimum absolute atomic E-state index is 0.0142. The quantitative estimate of drug-likeness (QED) is 0.923. The fourth-order valence-electron chi connectivity index (χ4n) is 2.72. The zero-order valence-electron chi connectivity index (χ0n) is 11.0. The van der Waals surface area contributed by atoms with Crippen LogP contribution in [0.1, 0.15) is 48.9 Å². The summed E-state index contributed by atoms with van der Waals surface area (Å²) >= 11 is 3.16. The van der Waals surface area contributed by atoms with E-state index in [9.17, 15) is 4.79 Å². The number of carboxylic acids is 1. The van der Waals surface area contributed by atoms with Crippen molar-refractivity contribution in [3.63, 3.8) is 0 Å². The van der Waals surface area contributed by atoms with Crippen LogP contribution in [0.4, 0.5) is 0 Å². The zero-order valence-corrected chi connectivity index (χ0v) is 12.6. The predicted octanol–water partition coefficient (Wildman–Crippen LogP) is 2.99. The van der Waals surface area contributed by atoms with Crippen LogP contribution in [0.3, 0.4) is 0 Å². The highest BCUT2D eigenvalue weighted by atomic mass is 79.9. The first-order valence-electron chi connectivity index (χ1n) is 6.30. The van der Waals surface area contributed by atoms with Gasteiger partial charge in [-0.2, -0.15) is 0 Å². The average molecular weight is 329 g/mol. The van der Waals surface area contributed by atoms with E-state index in [1.807, 2.05) is 0 Å². The van der Waals surface area contributed by atoms with Gasteiger partial charge >= 0.3 is 5.97 Å². The summed E-state index contributed by atoms with van der Waals surface area (Å²) in [6.45, 7) is 2.17. The van der Waals surface area contributed by atoms with Gasteiger partial charge in [0.05, 0.1) is 4.47 Å². The van der Waals surface area contributed by atoms with Gasteiger partial charge in [0.1, 0.15) is 5.60 Å². The molecule has 1 aromatic rings. The molecular weight excluding hydrogens is 312 g/mol. The molecule has 2 rings (SSSR count). The molecule has 0 radical (unpaired) electrons. The highest BCUT2D eigenvalue weighted by Gasteiger charge is 2.39. The third-order valence-electron chi connectivity index (χ3n) is 3.70. The molecule has 0 amide bonds. The fraction of sp³-hybridized carbons (Fsp3) is 0.615. The molecule has 1 N–H and O–H groups in total. The molecule has 0 aliphatic heterocycles. The molecule has 1 heterocycles. The van der Waals surface area contributed by atoms with Gasteiger partial charge in [0.2, 0.25) is 0 Å². The average Bonchev–Trinajstić information content (AvgIpc) is 2.38. The van der Waals surface area contributed by atoms with E-state index < -0.39 is 11.6 Å². The molecule has 1 saturated carbocycles. The van der Waals surface area contributed by atoms with Crippen LogP contribution in [0.15, 0.2) is 10.7 Å². The van der Waals surface area contributed by atoms with E-state index in [4.69, 9.17) is 9.84 Å². The van der Waals surface area contributed by atoms with Crippen LogP contribution in [0, 0.1) is 5.92 Å². The van der Waals surface area contributed by atoms with Crippen LogP contribution in [0.25, 0.3) is 0 Å². The molecule has 6 heteroatoms. The van der Waals surface area contributed by atoms with Crippen molar-refractivity contribution in [1.82, 2.24) is 9.97 Å². The molecule has 0 bridgehead atoms. The summed E-state index contributed by atoms with van der Waals surface area (Å²) in [6.07, 6.45) is 5.34. The topological polar surface area (TPSA) is 72.3 Å². The van der Waals surface area contributed by atoms with Crippen molar-refractivity contribution in [2.24, 2.45) is 5.92 Å². The van der Waals surface area contributed by atoms with Crippen molar-refractivity contribution in [3.8, 4) is 0 Å². The SMILES string of the molecule is COC1(c2ncc(Br)c(C(=O)O)n2)CCCC(C)C1. The third-order valence-corrected chi connectivity index (χ3v) is 4.28. The van der Waals surface area contributed by atoms with Crippen LogP contribution in [-0.4, -0.2) is 28.2 Å². The minimum Gasteiger partial charge on any atom is -0.476 e. The number of nitrogens with zero attached hydrogens (tertiary/aromatic N) is 2. The van der Waals surface area contributed by atoms with Crippen LogP contribution < -0.4 is 0 Å². The second-order valence-corrected chi connectivity index (χ2v) is 5.95. The fourth-order valence-corrected chi connectivity index (χ4v) is 3.08. The largest absolute Gasteiger partial charge is 0.476 e. The molecule has 1 aliphatic rings. The highest BCUT2D eigenvalue weighted by Crippen LogP contribution is 2.41. The number of halogens is 1. The maximum Gasteiger partial charge on any atom is 0.355 e. The van der Waals surface area contributed by atoms with Gasteiger partial charge in [-0.15, -0.1) is 0 Å². The Bertz CT molecular complexity index is 495. The Labute approximate surface area is 120 Å². The third kappa shape index (κ3) is 2.79. The van der Waals surface area contributed by atoms with Gasteiger partial charge < -0.3 is 9.84 Å². The zero-order chi connectivity index (χ0) is 14.0. The lowest BCUT2D eigenvalue weighted by Gasteiger charge is -2.37. The first-order valence-corrected chi connectivity index (χ1v) is 7.09. The molecule has 1 fully saturated rings. The van der Waals surface area contributed by atoms with E-state index in [0.717, 1.165) is 25.7 Å². The summed E-state index contributed by atoms with van der Waals surface area (Å²) < 4.78 is 6.06. The van der Waals surface area contributed by atoms with Crippen molar-refractivity contribution in [3.05, 3.63) is 22.2 Å². The van der Waals surface area contributed by atoms with Gasteiger partial charge in [0, 0.05) is 13.3 Å². The number of aromatic nitrogens is 2. The Morgan fingerprint density at radius 2 is 2.37 bits per heavy atom. The maximum atomic E-state index is 11.2. The summed E-state index contributed by atoms with van der Waals surface area (Å²) in [4.78, 5) is 19.6. The van der Waals surface area contributed by atoms with Gasteiger partial charge in [-0.25, -0.2) is 14.8 Å². The molecular formula is C13H17BrN2O3. The van der Waals surface area contributed by atoms with E-state index in [1.54, 1.807) is 7.11 Å². The predicted molar refractivity (Wildman–Crippen MR) is 73.0 cm³/mol. The lowest BCUT2D eigenvalue weighted by atomic mass is 9.78. The van der Waals surface area contributed by atoms with Crippen LogP contribution in [0.5, 0.6) is 0 Å². The first-order chi connectivity index (χ1) is 8.98. The monoisotopic (exact) mass is 328 g/mol.